The highest BCUT2D eigenvalue weighted by Crippen LogP contribution is 2.28. The lowest BCUT2D eigenvalue weighted by Gasteiger charge is -2.40. The Morgan fingerprint density at radius 2 is 2.27 bits per heavy atom. The SMILES string of the molecule is CC(=O)NC1C(CCN=[N+]=[N-])C=C(C)OC1C(O)C(O)CO. The van der Waals surface area contributed by atoms with Gasteiger partial charge in [-0.15, -0.1) is 0 Å². The number of carbonyl (C=O) groups is 1. The number of nitrogens with zero attached hydrogens (tertiary/aromatic N) is 3. The van der Waals surface area contributed by atoms with Gasteiger partial charge in [-0.1, -0.05) is 5.11 Å². The first-order valence-corrected chi connectivity index (χ1v) is 7.00. The summed E-state index contributed by atoms with van der Waals surface area (Å²) in [6, 6.07) is -0.605. The molecule has 0 aromatic heterocycles. The van der Waals surface area contributed by atoms with E-state index in [-0.39, 0.29) is 18.4 Å². The van der Waals surface area contributed by atoms with E-state index < -0.39 is 31.0 Å². The van der Waals surface area contributed by atoms with Gasteiger partial charge in [-0.05, 0) is 25.0 Å². The summed E-state index contributed by atoms with van der Waals surface area (Å²) in [7, 11) is 0. The average Bonchev–Trinajstić information content (AvgIpc) is 2.47. The van der Waals surface area contributed by atoms with Gasteiger partial charge in [0.2, 0.25) is 5.91 Å². The van der Waals surface area contributed by atoms with Crippen LogP contribution in [-0.2, 0) is 9.53 Å². The number of aliphatic hydroxyl groups is 3. The van der Waals surface area contributed by atoms with Crippen molar-refractivity contribution in [1.29, 1.82) is 0 Å². The minimum atomic E-state index is -1.38. The van der Waals surface area contributed by atoms with E-state index in [0.29, 0.717) is 12.2 Å². The molecule has 9 heteroatoms. The fourth-order valence-corrected chi connectivity index (χ4v) is 2.52. The summed E-state index contributed by atoms with van der Waals surface area (Å²) in [6.45, 7) is 2.63. The molecule has 5 unspecified atom stereocenters. The highest BCUT2D eigenvalue weighted by molar-refractivity contribution is 5.73. The number of rotatable bonds is 7. The van der Waals surface area contributed by atoms with Crippen LogP contribution in [0.5, 0.6) is 0 Å². The van der Waals surface area contributed by atoms with Crippen LogP contribution in [0.4, 0.5) is 0 Å². The van der Waals surface area contributed by atoms with Crippen LogP contribution in [0.3, 0.4) is 0 Å². The van der Waals surface area contributed by atoms with Crippen LogP contribution in [-0.4, -0.2) is 58.7 Å². The molecule has 1 aliphatic heterocycles. The molecule has 9 nitrogen and oxygen atoms in total. The third kappa shape index (κ3) is 4.88. The van der Waals surface area contributed by atoms with Crippen molar-refractivity contribution in [2.45, 2.75) is 44.6 Å². The maximum absolute atomic E-state index is 11.4. The summed E-state index contributed by atoms with van der Waals surface area (Å²) < 4.78 is 5.54. The van der Waals surface area contributed by atoms with Crippen LogP contribution in [0.15, 0.2) is 16.9 Å². The van der Waals surface area contributed by atoms with Gasteiger partial charge in [-0.3, -0.25) is 4.79 Å². The van der Waals surface area contributed by atoms with E-state index in [9.17, 15) is 15.0 Å². The van der Waals surface area contributed by atoms with Gasteiger partial charge < -0.3 is 25.4 Å². The highest BCUT2D eigenvalue weighted by Gasteiger charge is 2.41. The van der Waals surface area contributed by atoms with Crippen molar-refractivity contribution in [3.05, 3.63) is 22.3 Å². The first-order valence-electron chi connectivity index (χ1n) is 7.00. The van der Waals surface area contributed by atoms with Gasteiger partial charge in [0.25, 0.3) is 0 Å². The Morgan fingerprint density at radius 3 is 2.82 bits per heavy atom. The van der Waals surface area contributed by atoms with E-state index in [1.807, 2.05) is 0 Å². The smallest absolute Gasteiger partial charge is 0.217 e. The maximum atomic E-state index is 11.4. The zero-order valence-corrected chi connectivity index (χ0v) is 12.6. The van der Waals surface area contributed by atoms with E-state index in [4.69, 9.17) is 15.4 Å². The van der Waals surface area contributed by atoms with Crippen LogP contribution in [0.1, 0.15) is 20.3 Å². The summed E-state index contributed by atoms with van der Waals surface area (Å²) in [5.74, 6) is -0.0125. The number of carbonyl (C=O) groups excluding carboxylic acids is 1. The van der Waals surface area contributed by atoms with Crippen molar-refractivity contribution in [1.82, 2.24) is 5.32 Å². The molecule has 1 rings (SSSR count). The summed E-state index contributed by atoms with van der Waals surface area (Å²) in [4.78, 5) is 14.1. The number of aliphatic hydroxyl groups excluding tert-OH is 3. The molecule has 0 radical (unpaired) electrons. The largest absolute Gasteiger partial charge is 0.490 e. The summed E-state index contributed by atoms with van der Waals surface area (Å²) >= 11 is 0. The third-order valence-corrected chi connectivity index (χ3v) is 3.50. The van der Waals surface area contributed by atoms with Crippen molar-refractivity contribution in [3.63, 3.8) is 0 Å². The van der Waals surface area contributed by atoms with E-state index in [0.717, 1.165) is 0 Å². The van der Waals surface area contributed by atoms with Crippen LogP contribution in [0, 0.1) is 5.92 Å². The van der Waals surface area contributed by atoms with Crippen molar-refractivity contribution in [3.8, 4) is 0 Å². The minimum Gasteiger partial charge on any atom is -0.490 e. The Bertz CT molecular complexity index is 463. The quantitative estimate of drug-likeness (QED) is 0.292. The highest BCUT2D eigenvalue weighted by atomic mass is 16.5. The summed E-state index contributed by atoms with van der Waals surface area (Å²) in [5.41, 5.74) is 8.35. The van der Waals surface area contributed by atoms with Crippen molar-refractivity contribution in [2.24, 2.45) is 11.0 Å². The molecule has 1 heterocycles. The number of amides is 1. The second-order valence-corrected chi connectivity index (χ2v) is 5.23. The van der Waals surface area contributed by atoms with E-state index >= 15 is 0 Å². The van der Waals surface area contributed by atoms with Gasteiger partial charge in [-0.2, -0.15) is 0 Å². The predicted octanol–water partition coefficient (Wildman–Crippen LogP) is -0.176. The average molecular weight is 314 g/mol. The third-order valence-electron chi connectivity index (χ3n) is 3.50. The number of azide groups is 1. The monoisotopic (exact) mass is 314 g/mol. The summed E-state index contributed by atoms with van der Waals surface area (Å²) in [6.07, 6.45) is -1.43. The zero-order valence-electron chi connectivity index (χ0n) is 12.6. The van der Waals surface area contributed by atoms with Gasteiger partial charge in [0.15, 0.2) is 0 Å². The predicted molar refractivity (Wildman–Crippen MR) is 77.5 cm³/mol. The second-order valence-electron chi connectivity index (χ2n) is 5.23. The molecule has 4 N–H and O–H groups in total. The fraction of sp³-hybridized carbons (Fsp3) is 0.769. The minimum absolute atomic E-state index is 0.228. The molecule has 0 aliphatic carbocycles. The second kappa shape index (κ2) is 8.60. The number of allylic oxidation sites excluding steroid dienone is 1. The number of ether oxygens (including phenoxy) is 1. The van der Waals surface area contributed by atoms with Crippen LogP contribution >= 0.6 is 0 Å². The molecule has 0 saturated heterocycles. The van der Waals surface area contributed by atoms with E-state index in [2.05, 4.69) is 15.3 Å². The molecule has 0 fully saturated rings. The normalized spacial score (nSPS) is 27.0. The molecular weight excluding hydrogens is 292 g/mol. The number of nitrogens with one attached hydrogen (secondary N) is 1. The van der Waals surface area contributed by atoms with E-state index in [1.165, 1.54) is 6.92 Å². The van der Waals surface area contributed by atoms with Gasteiger partial charge in [0, 0.05) is 24.3 Å². The van der Waals surface area contributed by atoms with Gasteiger partial charge in [0.05, 0.1) is 18.4 Å². The lowest BCUT2D eigenvalue weighted by Crippen LogP contribution is -2.57. The Balaban J connectivity index is 2.99. The number of hydrogen-bond donors (Lipinski definition) is 4. The Kier molecular flexibility index (Phi) is 7.13. The lowest BCUT2D eigenvalue weighted by atomic mass is 9.85. The first-order chi connectivity index (χ1) is 10.4. The zero-order chi connectivity index (χ0) is 16.7. The molecule has 0 bridgehead atoms. The van der Waals surface area contributed by atoms with Gasteiger partial charge >= 0.3 is 0 Å². The van der Waals surface area contributed by atoms with Crippen LogP contribution < -0.4 is 5.32 Å². The molecule has 0 spiro atoms. The topological polar surface area (TPSA) is 148 Å². The van der Waals surface area contributed by atoms with Gasteiger partial charge in [0.1, 0.15) is 18.3 Å². The van der Waals surface area contributed by atoms with Crippen LogP contribution in [0.25, 0.3) is 10.4 Å². The molecular formula is C13H22N4O5. The van der Waals surface area contributed by atoms with Crippen molar-refractivity contribution >= 4 is 5.91 Å². The van der Waals surface area contributed by atoms with Crippen molar-refractivity contribution in [2.75, 3.05) is 13.2 Å². The fourth-order valence-electron chi connectivity index (χ4n) is 2.52. The maximum Gasteiger partial charge on any atom is 0.217 e. The number of hydrogen-bond acceptors (Lipinski definition) is 6. The Morgan fingerprint density at radius 1 is 1.59 bits per heavy atom. The molecule has 0 saturated carbocycles. The van der Waals surface area contributed by atoms with Crippen molar-refractivity contribution < 1.29 is 24.9 Å². The van der Waals surface area contributed by atoms with Gasteiger partial charge in [-0.25, -0.2) is 0 Å². The standard InChI is InChI=1S/C13H22N4O5/c1-7-5-9(3-4-15-17-14)11(16-8(2)19)13(22-7)12(21)10(20)6-18/h5,9-13,18,20-21H,3-4,6H2,1-2H3,(H,16,19). The Labute approximate surface area is 128 Å². The molecule has 22 heavy (non-hydrogen) atoms. The Hall–Kier alpha value is -1.80. The first kappa shape index (κ1) is 18.2. The van der Waals surface area contributed by atoms with E-state index in [1.54, 1.807) is 13.0 Å². The molecule has 1 amide bonds. The molecule has 1 aliphatic rings. The molecule has 0 aromatic rings. The molecule has 5 atom stereocenters. The van der Waals surface area contributed by atoms with Crippen LogP contribution in [0.2, 0.25) is 0 Å². The lowest BCUT2D eigenvalue weighted by molar-refractivity contribution is -0.128. The molecule has 124 valence electrons. The summed E-state index contributed by atoms with van der Waals surface area (Å²) in [5, 5.41) is 34.9. The molecule has 0 aromatic carbocycles.